The van der Waals surface area contributed by atoms with Crippen LogP contribution in [0.5, 0.6) is 0 Å². The summed E-state index contributed by atoms with van der Waals surface area (Å²) < 4.78 is 0. The number of rotatable bonds is 1. The van der Waals surface area contributed by atoms with Crippen molar-refractivity contribution in [3.63, 3.8) is 0 Å². The highest BCUT2D eigenvalue weighted by Gasteiger charge is 2.03. The van der Waals surface area contributed by atoms with Crippen LogP contribution in [0, 0.1) is 25.7 Å². The number of benzene rings is 1. The van der Waals surface area contributed by atoms with E-state index in [0.717, 1.165) is 5.56 Å². The first-order valence-electron chi connectivity index (χ1n) is 4.77. The molecule has 0 aromatic heterocycles. The fraction of sp³-hybridized carbons (Fsp3) is 0.385. The van der Waals surface area contributed by atoms with Crippen LogP contribution in [0.3, 0.4) is 0 Å². The van der Waals surface area contributed by atoms with E-state index >= 15 is 0 Å². The zero-order chi connectivity index (χ0) is 10.7. The lowest BCUT2D eigenvalue weighted by molar-refractivity contribution is 1.12. The Kier molecular flexibility index (Phi) is 3.19. The number of nitrogens with zero attached hydrogens (tertiary/aromatic N) is 1. The van der Waals surface area contributed by atoms with E-state index in [1.54, 1.807) is 0 Å². The number of aryl methyl sites for hydroxylation is 2. The van der Waals surface area contributed by atoms with Gasteiger partial charge in [0.2, 0.25) is 0 Å². The minimum absolute atomic E-state index is 1.16. The predicted molar refractivity (Wildman–Crippen MR) is 62.8 cm³/mol. The van der Waals surface area contributed by atoms with Crippen LogP contribution in [0.1, 0.15) is 23.6 Å². The summed E-state index contributed by atoms with van der Waals surface area (Å²) >= 11 is 0. The Hall–Kier alpha value is -1.42. The Balaban J connectivity index is 3.29. The summed E-state index contributed by atoms with van der Waals surface area (Å²) in [7, 11) is 4.11. The van der Waals surface area contributed by atoms with Gasteiger partial charge in [0.05, 0.1) is 0 Å². The number of hydrogen-bond donors (Lipinski definition) is 0. The molecule has 0 N–H and O–H groups in total. The van der Waals surface area contributed by atoms with Gasteiger partial charge in [0, 0.05) is 25.3 Å². The molecule has 0 aliphatic rings. The van der Waals surface area contributed by atoms with Gasteiger partial charge in [-0.3, -0.25) is 0 Å². The van der Waals surface area contributed by atoms with Gasteiger partial charge in [-0.05, 0) is 44.0 Å². The van der Waals surface area contributed by atoms with E-state index in [0.29, 0.717) is 0 Å². The number of hydrogen-bond acceptors (Lipinski definition) is 1. The lowest BCUT2D eigenvalue weighted by Gasteiger charge is -2.15. The van der Waals surface area contributed by atoms with Crippen LogP contribution in [-0.2, 0) is 0 Å². The van der Waals surface area contributed by atoms with Crippen LogP contribution >= 0.6 is 0 Å². The summed E-state index contributed by atoms with van der Waals surface area (Å²) in [6, 6.07) is 4.35. The third kappa shape index (κ3) is 2.09. The summed E-state index contributed by atoms with van der Waals surface area (Å²) in [5.74, 6) is 6.09. The monoisotopic (exact) mass is 187 g/mol. The minimum atomic E-state index is 1.16. The maximum absolute atomic E-state index is 3.14. The molecule has 0 fully saturated rings. The molecular weight excluding hydrogens is 170 g/mol. The molecule has 1 aromatic carbocycles. The van der Waals surface area contributed by atoms with Gasteiger partial charge in [0.1, 0.15) is 0 Å². The fourth-order valence-corrected chi connectivity index (χ4v) is 1.52. The zero-order valence-corrected chi connectivity index (χ0v) is 9.60. The first-order chi connectivity index (χ1) is 6.56. The van der Waals surface area contributed by atoms with Crippen LogP contribution in [0.4, 0.5) is 5.69 Å². The second kappa shape index (κ2) is 4.19. The molecule has 0 unspecified atom stereocenters. The molecule has 0 aliphatic heterocycles. The van der Waals surface area contributed by atoms with Gasteiger partial charge in [0.15, 0.2) is 0 Å². The first kappa shape index (κ1) is 10.7. The molecule has 0 atom stereocenters. The average Bonchev–Trinajstić information content (AvgIpc) is 2.10. The van der Waals surface area contributed by atoms with Gasteiger partial charge < -0.3 is 4.90 Å². The highest BCUT2D eigenvalue weighted by atomic mass is 15.1. The van der Waals surface area contributed by atoms with Crippen molar-refractivity contribution < 1.29 is 0 Å². The molecule has 0 heterocycles. The van der Waals surface area contributed by atoms with Crippen molar-refractivity contribution >= 4 is 5.69 Å². The molecule has 0 spiro atoms. The van der Waals surface area contributed by atoms with Crippen LogP contribution in [0.25, 0.3) is 0 Å². The van der Waals surface area contributed by atoms with Crippen molar-refractivity contribution in [3.05, 3.63) is 28.8 Å². The van der Waals surface area contributed by atoms with Crippen molar-refractivity contribution in [2.75, 3.05) is 19.0 Å². The van der Waals surface area contributed by atoms with Gasteiger partial charge in [-0.15, -0.1) is 5.92 Å². The highest BCUT2D eigenvalue weighted by Crippen LogP contribution is 2.20. The van der Waals surface area contributed by atoms with E-state index in [2.05, 4.69) is 56.8 Å². The second-order valence-corrected chi connectivity index (χ2v) is 3.72. The minimum Gasteiger partial charge on any atom is -0.378 e. The molecule has 0 amide bonds. The maximum atomic E-state index is 3.14. The molecule has 14 heavy (non-hydrogen) atoms. The Bertz CT molecular complexity index is 368. The first-order valence-corrected chi connectivity index (χ1v) is 4.77. The summed E-state index contributed by atoms with van der Waals surface area (Å²) in [6.45, 7) is 6.10. The molecular formula is C13H17N. The van der Waals surface area contributed by atoms with Crippen molar-refractivity contribution in [3.8, 4) is 11.8 Å². The van der Waals surface area contributed by atoms with Gasteiger partial charge in [-0.25, -0.2) is 0 Å². The summed E-state index contributed by atoms with van der Waals surface area (Å²) in [5.41, 5.74) is 4.91. The van der Waals surface area contributed by atoms with Crippen LogP contribution in [0.15, 0.2) is 12.1 Å². The summed E-state index contributed by atoms with van der Waals surface area (Å²) in [6.07, 6.45) is 0. The largest absolute Gasteiger partial charge is 0.378 e. The fourth-order valence-electron chi connectivity index (χ4n) is 1.52. The molecule has 0 saturated carbocycles. The van der Waals surface area contributed by atoms with Crippen LogP contribution in [0.2, 0.25) is 0 Å². The van der Waals surface area contributed by atoms with E-state index in [1.165, 1.54) is 16.8 Å². The Labute approximate surface area is 86.7 Å². The average molecular weight is 187 g/mol. The van der Waals surface area contributed by atoms with Crippen molar-refractivity contribution in [1.82, 2.24) is 0 Å². The molecule has 0 bridgehead atoms. The number of anilines is 1. The van der Waals surface area contributed by atoms with Gasteiger partial charge in [-0.1, -0.05) is 5.92 Å². The van der Waals surface area contributed by atoms with Gasteiger partial charge in [-0.2, -0.15) is 0 Å². The molecule has 1 rings (SSSR count). The lowest BCUT2D eigenvalue weighted by atomic mass is 10.0. The Morgan fingerprint density at radius 1 is 1.07 bits per heavy atom. The Morgan fingerprint density at radius 2 is 1.57 bits per heavy atom. The van der Waals surface area contributed by atoms with Gasteiger partial charge in [0.25, 0.3) is 0 Å². The van der Waals surface area contributed by atoms with E-state index < -0.39 is 0 Å². The molecule has 1 heteroatoms. The standard InChI is InChI=1S/C13H17N/c1-6-7-13-10(2)8-12(14(4)5)9-11(13)3/h8-9H,1-5H3. The maximum Gasteiger partial charge on any atom is 0.0367 e. The van der Waals surface area contributed by atoms with Crippen molar-refractivity contribution in [1.29, 1.82) is 0 Å². The third-order valence-corrected chi connectivity index (χ3v) is 2.28. The van der Waals surface area contributed by atoms with Crippen molar-refractivity contribution in [2.24, 2.45) is 0 Å². The quantitative estimate of drug-likeness (QED) is 0.611. The van der Waals surface area contributed by atoms with E-state index in [9.17, 15) is 0 Å². The topological polar surface area (TPSA) is 3.24 Å². The lowest BCUT2D eigenvalue weighted by Crippen LogP contribution is -2.09. The molecule has 74 valence electrons. The smallest absolute Gasteiger partial charge is 0.0367 e. The third-order valence-electron chi connectivity index (χ3n) is 2.28. The Morgan fingerprint density at radius 3 is 1.93 bits per heavy atom. The predicted octanol–water partition coefficient (Wildman–Crippen LogP) is 2.74. The van der Waals surface area contributed by atoms with Crippen molar-refractivity contribution in [2.45, 2.75) is 20.8 Å². The highest BCUT2D eigenvalue weighted by molar-refractivity contribution is 5.57. The molecule has 0 saturated heterocycles. The van der Waals surface area contributed by atoms with E-state index in [-0.39, 0.29) is 0 Å². The molecule has 1 aromatic rings. The van der Waals surface area contributed by atoms with E-state index in [1.807, 2.05) is 6.92 Å². The SMILES string of the molecule is CC#Cc1c(C)cc(N(C)C)cc1C. The molecule has 1 nitrogen and oxygen atoms in total. The molecule has 0 aliphatic carbocycles. The van der Waals surface area contributed by atoms with Crippen LogP contribution < -0.4 is 4.90 Å². The van der Waals surface area contributed by atoms with E-state index in [4.69, 9.17) is 0 Å². The van der Waals surface area contributed by atoms with Gasteiger partial charge >= 0.3 is 0 Å². The molecule has 0 radical (unpaired) electrons. The summed E-state index contributed by atoms with van der Waals surface area (Å²) in [4.78, 5) is 2.11. The zero-order valence-electron chi connectivity index (χ0n) is 9.60. The normalized spacial score (nSPS) is 9.21. The van der Waals surface area contributed by atoms with Crippen LogP contribution in [-0.4, -0.2) is 14.1 Å². The second-order valence-electron chi connectivity index (χ2n) is 3.72. The summed E-state index contributed by atoms with van der Waals surface area (Å²) in [5, 5.41) is 0.